The minimum atomic E-state index is -4.47. The Kier molecular flexibility index (Phi) is 4.91. The van der Waals surface area contributed by atoms with Gasteiger partial charge < -0.3 is 0 Å². The SMILES string of the molecule is CC.Cc1cnc(C(F)(F)F)c(Cl)c1. The summed E-state index contributed by atoms with van der Waals surface area (Å²) in [7, 11) is 0. The van der Waals surface area contributed by atoms with Crippen molar-refractivity contribution >= 4 is 11.6 Å². The minimum Gasteiger partial charge on any atom is -0.250 e. The second-order valence-corrected chi connectivity index (χ2v) is 2.75. The zero-order valence-corrected chi connectivity index (χ0v) is 8.87. The maximum atomic E-state index is 12.0. The summed E-state index contributed by atoms with van der Waals surface area (Å²) in [5, 5.41) is -0.359. The van der Waals surface area contributed by atoms with Crippen molar-refractivity contribution in [3.8, 4) is 0 Å². The molecule has 0 unspecified atom stereocenters. The Morgan fingerprint density at radius 3 is 2.14 bits per heavy atom. The molecule has 80 valence electrons. The number of pyridine rings is 1. The zero-order valence-electron chi connectivity index (χ0n) is 8.11. The predicted octanol–water partition coefficient (Wildman–Crippen LogP) is 4.09. The van der Waals surface area contributed by atoms with Gasteiger partial charge in [0.2, 0.25) is 0 Å². The Labute approximate surface area is 85.9 Å². The van der Waals surface area contributed by atoms with Crippen molar-refractivity contribution in [1.82, 2.24) is 4.98 Å². The molecule has 14 heavy (non-hydrogen) atoms. The second-order valence-electron chi connectivity index (χ2n) is 2.34. The van der Waals surface area contributed by atoms with E-state index in [4.69, 9.17) is 11.6 Å². The highest BCUT2D eigenvalue weighted by atomic mass is 35.5. The van der Waals surface area contributed by atoms with Crippen molar-refractivity contribution in [2.75, 3.05) is 0 Å². The van der Waals surface area contributed by atoms with Crippen LogP contribution in [0.25, 0.3) is 0 Å². The largest absolute Gasteiger partial charge is 0.434 e. The first kappa shape index (κ1) is 13.2. The number of alkyl halides is 3. The Balaban J connectivity index is 0.000000791. The molecule has 1 heterocycles. The van der Waals surface area contributed by atoms with Gasteiger partial charge in [-0.25, -0.2) is 0 Å². The van der Waals surface area contributed by atoms with Crippen molar-refractivity contribution in [2.45, 2.75) is 26.9 Å². The van der Waals surface area contributed by atoms with Crippen molar-refractivity contribution in [1.29, 1.82) is 0 Å². The summed E-state index contributed by atoms with van der Waals surface area (Å²) in [6, 6.07) is 1.23. The molecule has 0 N–H and O–H groups in total. The number of halogens is 4. The van der Waals surface area contributed by atoms with Crippen LogP contribution in [0.15, 0.2) is 12.3 Å². The molecule has 1 rings (SSSR count). The van der Waals surface area contributed by atoms with Crippen molar-refractivity contribution in [3.63, 3.8) is 0 Å². The Morgan fingerprint density at radius 2 is 1.79 bits per heavy atom. The number of hydrogen-bond donors (Lipinski definition) is 0. The van der Waals surface area contributed by atoms with Gasteiger partial charge in [-0.05, 0) is 18.6 Å². The van der Waals surface area contributed by atoms with Gasteiger partial charge in [0.25, 0.3) is 0 Å². The van der Waals surface area contributed by atoms with Gasteiger partial charge in [-0.2, -0.15) is 13.2 Å². The van der Waals surface area contributed by atoms with Crippen LogP contribution in [0.5, 0.6) is 0 Å². The third-order valence-corrected chi connectivity index (χ3v) is 1.53. The standard InChI is InChI=1S/C7H5ClF3N.C2H6/c1-4-2-5(8)6(12-3-4)7(9,10)11;1-2/h2-3H,1H3;1-2H3. The molecule has 1 aromatic rings. The average Bonchev–Trinajstić information content (AvgIpc) is 2.05. The molecule has 0 spiro atoms. The minimum absolute atomic E-state index is 0.359. The first-order chi connectivity index (χ1) is 6.41. The number of hydrogen-bond acceptors (Lipinski definition) is 1. The van der Waals surface area contributed by atoms with Gasteiger partial charge in [0.1, 0.15) is 0 Å². The lowest BCUT2D eigenvalue weighted by molar-refractivity contribution is -0.141. The third-order valence-electron chi connectivity index (χ3n) is 1.25. The smallest absolute Gasteiger partial charge is 0.250 e. The van der Waals surface area contributed by atoms with E-state index in [1.165, 1.54) is 6.07 Å². The van der Waals surface area contributed by atoms with Gasteiger partial charge >= 0.3 is 6.18 Å². The fourth-order valence-electron chi connectivity index (χ4n) is 0.742. The molecule has 0 aliphatic rings. The van der Waals surface area contributed by atoms with E-state index >= 15 is 0 Å². The number of rotatable bonds is 0. The van der Waals surface area contributed by atoms with Crippen LogP contribution in [-0.2, 0) is 6.18 Å². The quantitative estimate of drug-likeness (QED) is 0.648. The van der Waals surface area contributed by atoms with Crippen LogP contribution in [0.1, 0.15) is 25.1 Å². The summed E-state index contributed by atoms with van der Waals surface area (Å²) in [5.41, 5.74) is -0.428. The number of nitrogens with zero attached hydrogens (tertiary/aromatic N) is 1. The van der Waals surface area contributed by atoms with Gasteiger partial charge in [0.05, 0.1) is 5.02 Å². The van der Waals surface area contributed by atoms with Crippen molar-refractivity contribution < 1.29 is 13.2 Å². The van der Waals surface area contributed by atoms with Gasteiger partial charge in [-0.3, -0.25) is 4.98 Å². The molecule has 0 aliphatic heterocycles. The maximum absolute atomic E-state index is 12.0. The third kappa shape index (κ3) is 3.54. The van der Waals surface area contributed by atoms with Gasteiger partial charge in [0.15, 0.2) is 5.69 Å². The molecule has 0 radical (unpaired) electrons. The molecular formula is C9H11ClF3N. The maximum Gasteiger partial charge on any atom is 0.434 e. The van der Waals surface area contributed by atoms with E-state index in [0.717, 1.165) is 6.20 Å². The Morgan fingerprint density at radius 1 is 1.29 bits per heavy atom. The monoisotopic (exact) mass is 225 g/mol. The first-order valence-electron chi connectivity index (χ1n) is 4.10. The molecular weight excluding hydrogens is 215 g/mol. The summed E-state index contributed by atoms with van der Waals surface area (Å²) in [6.45, 7) is 5.62. The van der Waals surface area contributed by atoms with E-state index in [1.54, 1.807) is 6.92 Å². The number of aromatic nitrogens is 1. The predicted molar refractivity (Wildman–Crippen MR) is 50.3 cm³/mol. The Bertz CT molecular complexity index is 297. The van der Waals surface area contributed by atoms with Gasteiger partial charge in [0, 0.05) is 6.20 Å². The highest BCUT2D eigenvalue weighted by Crippen LogP contribution is 2.32. The van der Waals surface area contributed by atoms with E-state index in [9.17, 15) is 13.2 Å². The normalized spacial score (nSPS) is 10.5. The molecule has 1 aromatic heterocycles. The molecule has 0 amide bonds. The van der Waals surface area contributed by atoms with E-state index in [-0.39, 0.29) is 5.02 Å². The van der Waals surface area contributed by atoms with Crippen molar-refractivity contribution in [3.05, 3.63) is 28.5 Å². The summed E-state index contributed by atoms with van der Waals surface area (Å²) in [5.74, 6) is 0. The molecule has 5 heteroatoms. The second kappa shape index (κ2) is 5.20. The molecule has 0 aliphatic carbocycles. The van der Waals surface area contributed by atoms with E-state index < -0.39 is 11.9 Å². The van der Waals surface area contributed by atoms with Gasteiger partial charge in [-0.1, -0.05) is 25.4 Å². The first-order valence-corrected chi connectivity index (χ1v) is 4.48. The Hall–Kier alpha value is -0.770. The summed E-state index contributed by atoms with van der Waals surface area (Å²) in [4.78, 5) is 3.19. The van der Waals surface area contributed by atoms with Gasteiger partial charge in [-0.15, -0.1) is 0 Å². The fraction of sp³-hybridized carbons (Fsp3) is 0.444. The average molecular weight is 226 g/mol. The highest BCUT2D eigenvalue weighted by Gasteiger charge is 2.34. The zero-order chi connectivity index (χ0) is 11.4. The lowest BCUT2D eigenvalue weighted by Crippen LogP contribution is -2.08. The van der Waals surface area contributed by atoms with Crippen LogP contribution < -0.4 is 0 Å². The molecule has 0 aromatic carbocycles. The molecule has 0 bridgehead atoms. The lowest BCUT2D eigenvalue weighted by Gasteiger charge is -2.07. The lowest BCUT2D eigenvalue weighted by atomic mass is 10.3. The topological polar surface area (TPSA) is 12.9 Å². The molecule has 0 saturated heterocycles. The van der Waals surface area contributed by atoms with Crippen LogP contribution in [0.4, 0.5) is 13.2 Å². The van der Waals surface area contributed by atoms with Crippen LogP contribution in [0.3, 0.4) is 0 Å². The van der Waals surface area contributed by atoms with Crippen LogP contribution in [0, 0.1) is 6.92 Å². The van der Waals surface area contributed by atoms with E-state index in [0.29, 0.717) is 5.56 Å². The molecule has 0 atom stereocenters. The summed E-state index contributed by atoms with van der Waals surface area (Å²) >= 11 is 5.33. The van der Waals surface area contributed by atoms with E-state index in [1.807, 2.05) is 13.8 Å². The molecule has 1 nitrogen and oxygen atoms in total. The van der Waals surface area contributed by atoms with Crippen LogP contribution in [-0.4, -0.2) is 4.98 Å². The fourth-order valence-corrected chi connectivity index (χ4v) is 1.07. The highest BCUT2D eigenvalue weighted by molar-refractivity contribution is 6.31. The number of aryl methyl sites for hydroxylation is 1. The van der Waals surface area contributed by atoms with Crippen molar-refractivity contribution in [2.24, 2.45) is 0 Å². The molecule has 0 fully saturated rings. The summed E-state index contributed by atoms with van der Waals surface area (Å²) in [6.07, 6.45) is -3.33. The summed E-state index contributed by atoms with van der Waals surface area (Å²) < 4.78 is 36.1. The molecule has 0 saturated carbocycles. The van der Waals surface area contributed by atoms with Crippen LogP contribution >= 0.6 is 11.6 Å². The van der Waals surface area contributed by atoms with Crippen LogP contribution in [0.2, 0.25) is 5.02 Å². The van der Waals surface area contributed by atoms with E-state index in [2.05, 4.69) is 4.98 Å².